The summed E-state index contributed by atoms with van der Waals surface area (Å²) in [5.41, 5.74) is 8.32. The molecule has 2 heterocycles. The maximum atomic E-state index is 7.14. The van der Waals surface area contributed by atoms with Crippen molar-refractivity contribution in [2.75, 3.05) is 5.73 Å². The van der Waals surface area contributed by atoms with Crippen LogP contribution in [-0.2, 0) is 0 Å². The maximum Gasteiger partial charge on any atom is 0.136 e. The summed E-state index contributed by atoms with van der Waals surface area (Å²) in [6.45, 7) is 1.96. The van der Waals surface area contributed by atoms with E-state index in [1.165, 1.54) is 6.21 Å². The Morgan fingerprint density at radius 1 is 1.47 bits per heavy atom. The second kappa shape index (κ2) is 3.53. The molecule has 0 fully saturated rings. The number of nitrogens with zero attached hydrogens (tertiary/aromatic N) is 3. The Kier molecular flexibility index (Phi) is 2.21. The molecule has 0 aromatic carbocycles. The van der Waals surface area contributed by atoms with E-state index in [2.05, 4.69) is 10.1 Å². The lowest BCUT2D eigenvalue weighted by Crippen LogP contribution is -2.04. The molecule has 0 aliphatic rings. The number of anilines is 1. The Morgan fingerprint density at radius 2 is 2.27 bits per heavy atom. The average Bonchev–Trinajstić information content (AvgIpc) is 2.60. The van der Waals surface area contributed by atoms with Crippen LogP contribution in [0.15, 0.2) is 24.7 Å². The van der Waals surface area contributed by atoms with E-state index in [-0.39, 0.29) is 0 Å². The zero-order chi connectivity index (χ0) is 10.8. The number of pyridine rings is 1. The summed E-state index contributed by atoms with van der Waals surface area (Å²) < 4.78 is 1.59. The van der Waals surface area contributed by atoms with Gasteiger partial charge in [0.1, 0.15) is 5.82 Å². The maximum absolute atomic E-state index is 7.14. The fraction of sp³-hybridized carbons (Fsp3) is 0.100. The third kappa shape index (κ3) is 1.48. The van der Waals surface area contributed by atoms with Crippen LogP contribution in [0, 0.1) is 12.3 Å². The second-order valence-electron chi connectivity index (χ2n) is 3.20. The SMILES string of the molecule is Cc1ccncc1-n1ncc(C=N)c1N. The van der Waals surface area contributed by atoms with E-state index in [9.17, 15) is 0 Å². The number of aromatic nitrogens is 3. The molecule has 2 aromatic rings. The van der Waals surface area contributed by atoms with Crippen LogP contribution in [-0.4, -0.2) is 21.0 Å². The molecule has 2 aromatic heterocycles. The third-order valence-electron chi connectivity index (χ3n) is 2.23. The monoisotopic (exact) mass is 201 g/mol. The third-order valence-corrected chi connectivity index (χ3v) is 2.23. The highest BCUT2D eigenvalue weighted by Crippen LogP contribution is 2.17. The highest BCUT2D eigenvalue weighted by molar-refractivity contribution is 5.83. The molecular weight excluding hydrogens is 190 g/mol. The van der Waals surface area contributed by atoms with Crippen molar-refractivity contribution in [1.29, 1.82) is 5.41 Å². The smallest absolute Gasteiger partial charge is 0.136 e. The molecule has 0 aliphatic carbocycles. The van der Waals surface area contributed by atoms with Gasteiger partial charge in [0.2, 0.25) is 0 Å². The molecule has 0 spiro atoms. The molecule has 0 unspecified atom stereocenters. The summed E-state index contributed by atoms with van der Waals surface area (Å²) in [4.78, 5) is 4.02. The van der Waals surface area contributed by atoms with E-state index in [4.69, 9.17) is 11.1 Å². The standard InChI is InChI=1S/C10H11N5/c1-7-2-3-13-6-9(7)15-10(12)8(4-11)5-14-15/h2-6,11H,12H2,1H3. The van der Waals surface area contributed by atoms with E-state index in [1.54, 1.807) is 23.3 Å². The van der Waals surface area contributed by atoms with Crippen LogP contribution in [0.4, 0.5) is 5.82 Å². The first-order chi connectivity index (χ1) is 7.24. The molecular formula is C10H11N5. The van der Waals surface area contributed by atoms with Crippen molar-refractivity contribution in [3.63, 3.8) is 0 Å². The van der Waals surface area contributed by atoms with Gasteiger partial charge in [0.15, 0.2) is 0 Å². The molecule has 0 saturated heterocycles. The first kappa shape index (κ1) is 9.39. The summed E-state index contributed by atoms with van der Waals surface area (Å²) >= 11 is 0. The van der Waals surface area contributed by atoms with Crippen molar-refractivity contribution in [2.45, 2.75) is 6.92 Å². The fourth-order valence-electron chi connectivity index (χ4n) is 1.35. The largest absolute Gasteiger partial charge is 0.383 e. The Balaban J connectivity index is 2.59. The fourth-order valence-corrected chi connectivity index (χ4v) is 1.35. The van der Waals surface area contributed by atoms with E-state index >= 15 is 0 Å². The number of nitrogens with one attached hydrogen (secondary N) is 1. The quantitative estimate of drug-likeness (QED) is 0.715. The van der Waals surface area contributed by atoms with Gasteiger partial charge < -0.3 is 11.1 Å². The molecule has 0 atom stereocenters. The number of hydrogen-bond donors (Lipinski definition) is 2. The molecule has 0 radical (unpaired) electrons. The molecule has 76 valence electrons. The lowest BCUT2D eigenvalue weighted by molar-refractivity contribution is 0.876. The van der Waals surface area contributed by atoms with Gasteiger partial charge in [0.25, 0.3) is 0 Å². The lowest BCUT2D eigenvalue weighted by Gasteiger charge is -2.06. The molecule has 5 nitrogen and oxygen atoms in total. The predicted octanol–water partition coefficient (Wildman–Crippen LogP) is 1.16. The zero-order valence-electron chi connectivity index (χ0n) is 8.31. The van der Waals surface area contributed by atoms with E-state index < -0.39 is 0 Å². The summed E-state index contributed by atoms with van der Waals surface area (Å²) in [6.07, 6.45) is 6.17. The van der Waals surface area contributed by atoms with Crippen molar-refractivity contribution in [3.05, 3.63) is 35.8 Å². The summed E-state index contributed by atoms with van der Waals surface area (Å²) in [6, 6.07) is 1.89. The van der Waals surface area contributed by atoms with E-state index in [0.29, 0.717) is 11.4 Å². The van der Waals surface area contributed by atoms with Gasteiger partial charge >= 0.3 is 0 Å². The van der Waals surface area contributed by atoms with E-state index in [1.807, 2.05) is 13.0 Å². The van der Waals surface area contributed by atoms with Crippen LogP contribution in [0.5, 0.6) is 0 Å². The molecule has 0 bridgehead atoms. The highest BCUT2D eigenvalue weighted by atomic mass is 15.3. The zero-order valence-corrected chi connectivity index (χ0v) is 8.31. The molecule has 5 heteroatoms. The van der Waals surface area contributed by atoms with Crippen LogP contribution in [0.3, 0.4) is 0 Å². The second-order valence-corrected chi connectivity index (χ2v) is 3.20. The van der Waals surface area contributed by atoms with Crippen LogP contribution in [0.1, 0.15) is 11.1 Å². The number of nitrogen functional groups attached to an aromatic ring is 1. The minimum atomic E-state index is 0.459. The Labute approximate surface area is 87.1 Å². The summed E-state index contributed by atoms with van der Waals surface area (Å²) in [5, 5.41) is 11.3. The van der Waals surface area contributed by atoms with Gasteiger partial charge in [-0.1, -0.05) is 0 Å². The Bertz CT molecular complexity index is 500. The Morgan fingerprint density at radius 3 is 2.87 bits per heavy atom. The van der Waals surface area contributed by atoms with Gasteiger partial charge in [-0.3, -0.25) is 4.98 Å². The first-order valence-electron chi connectivity index (χ1n) is 4.49. The summed E-state index contributed by atoms with van der Waals surface area (Å²) in [7, 11) is 0. The van der Waals surface area contributed by atoms with Crippen molar-refractivity contribution in [3.8, 4) is 5.69 Å². The van der Waals surface area contributed by atoms with Gasteiger partial charge in [-0.25, -0.2) is 4.68 Å². The molecule has 15 heavy (non-hydrogen) atoms. The molecule has 0 amide bonds. The van der Waals surface area contributed by atoms with Crippen molar-refractivity contribution in [2.24, 2.45) is 0 Å². The van der Waals surface area contributed by atoms with Gasteiger partial charge in [-0.2, -0.15) is 5.10 Å². The predicted molar refractivity (Wildman–Crippen MR) is 58.4 cm³/mol. The molecule has 2 rings (SSSR count). The van der Waals surface area contributed by atoms with Gasteiger partial charge in [0.05, 0.1) is 23.6 Å². The first-order valence-corrected chi connectivity index (χ1v) is 4.49. The summed E-state index contributed by atoms with van der Waals surface area (Å²) in [5.74, 6) is 0.459. The van der Waals surface area contributed by atoms with Crippen LogP contribution >= 0.6 is 0 Å². The minimum absolute atomic E-state index is 0.459. The van der Waals surface area contributed by atoms with Crippen molar-refractivity contribution < 1.29 is 0 Å². The van der Waals surface area contributed by atoms with Crippen molar-refractivity contribution >= 4 is 12.0 Å². The van der Waals surface area contributed by atoms with Crippen LogP contribution < -0.4 is 5.73 Å². The van der Waals surface area contributed by atoms with Gasteiger partial charge in [0, 0.05) is 12.4 Å². The molecule has 3 N–H and O–H groups in total. The van der Waals surface area contributed by atoms with Crippen LogP contribution in [0.25, 0.3) is 5.69 Å². The van der Waals surface area contributed by atoms with Crippen LogP contribution in [0.2, 0.25) is 0 Å². The van der Waals surface area contributed by atoms with Gasteiger partial charge in [-0.15, -0.1) is 0 Å². The molecule has 0 aliphatic heterocycles. The average molecular weight is 201 g/mol. The van der Waals surface area contributed by atoms with Crippen molar-refractivity contribution in [1.82, 2.24) is 14.8 Å². The minimum Gasteiger partial charge on any atom is -0.383 e. The number of hydrogen-bond acceptors (Lipinski definition) is 4. The Hall–Kier alpha value is -2.17. The number of aryl methyl sites for hydroxylation is 1. The van der Waals surface area contributed by atoms with E-state index in [0.717, 1.165) is 11.3 Å². The lowest BCUT2D eigenvalue weighted by atomic mass is 10.2. The van der Waals surface area contributed by atoms with Gasteiger partial charge in [-0.05, 0) is 18.6 Å². The molecule has 0 saturated carbocycles. The normalized spacial score (nSPS) is 10.2. The number of nitrogens with two attached hydrogens (primary N) is 1. The topological polar surface area (TPSA) is 80.6 Å². The number of rotatable bonds is 2. The highest BCUT2D eigenvalue weighted by Gasteiger charge is 2.08.